The monoisotopic (exact) mass is 531 g/mol. The zero-order chi connectivity index (χ0) is 25.8. The number of nitrogens with zero attached hydrogens (tertiary/aromatic N) is 1. The summed E-state index contributed by atoms with van der Waals surface area (Å²) in [5.41, 5.74) is 4.35. The number of hydrogen-bond donors (Lipinski definition) is 1. The van der Waals surface area contributed by atoms with Crippen molar-refractivity contribution in [3.63, 3.8) is 0 Å². The van der Waals surface area contributed by atoms with Gasteiger partial charge in [0.2, 0.25) is 0 Å². The Balaban J connectivity index is 0.00000336. The Morgan fingerprint density at radius 2 is 1.71 bits per heavy atom. The average Bonchev–Trinajstić information content (AvgIpc) is 2.91. The molecule has 6 heteroatoms. The van der Waals surface area contributed by atoms with Crippen LogP contribution in [-0.2, 0) is 4.79 Å². The maximum absolute atomic E-state index is 11.0. The van der Waals surface area contributed by atoms with E-state index in [9.17, 15) is 4.79 Å². The predicted octanol–water partition coefficient (Wildman–Crippen LogP) is 7.91. The number of benzene rings is 4. The molecule has 0 saturated carbocycles. The van der Waals surface area contributed by atoms with E-state index in [1.54, 1.807) is 0 Å². The van der Waals surface area contributed by atoms with Crippen molar-refractivity contribution in [1.29, 1.82) is 0 Å². The van der Waals surface area contributed by atoms with E-state index in [4.69, 9.17) is 14.6 Å². The first-order valence-corrected chi connectivity index (χ1v) is 13.0. The van der Waals surface area contributed by atoms with Crippen LogP contribution in [-0.4, -0.2) is 30.3 Å². The molecule has 5 nitrogen and oxygen atoms in total. The highest BCUT2D eigenvalue weighted by Gasteiger charge is 2.28. The van der Waals surface area contributed by atoms with Crippen molar-refractivity contribution < 1.29 is 19.4 Å². The van der Waals surface area contributed by atoms with Gasteiger partial charge in [-0.25, -0.2) is 4.79 Å². The largest absolute Gasteiger partial charge is 0.486 e. The third-order valence-electron chi connectivity index (χ3n) is 7.25. The molecule has 1 aliphatic heterocycles. The van der Waals surface area contributed by atoms with E-state index in [0.29, 0.717) is 11.7 Å². The van der Waals surface area contributed by atoms with Crippen molar-refractivity contribution in [2.45, 2.75) is 45.1 Å². The molecular weight excluding hydrogens is 498 g/mol. The van der Waals surface area contributed by atoms with Crippen LogP contribution in [0.15, 0.2) is 84.9 Å². The molecule has 0 spiro atoms. The van der Waals surface area contributed by atoms with Crippen LogP contribution in [0.2, 0.25) is 0 Å². The maximum atomic E-state index is 11.0. The van der Waals surface area contributed by atoms with Gasteiger partial charge < -0.3 is 19.5 Å². The van der Waals surface area contributed by atoms with Gasteiger partial charge in [-0.3, -0.25) is 0 Å². The van der Waals surface area contributed by atoms with Gasteiger partial charge in [-0.15, -0.1) is 12.4 Å². The van der Waals surface area contributed by atoms with Crippen molar-refractivity contribution in [1.82, 2.24) is 0 Å². The fraction of sp³-hybridized carbons (Fsp3) is 0.281. The zero-order valence-corrected chi connectivity index (χ0v) is 22.6. The lowest BCUT2D eigenvalue weighted by Crippen LogP contribution is -2.37. The van der Waals surface area contributed by atoms with Gasteiger partial charge >= 0.3 is 5.97 Å². The molecule has 38 heavy (non-hydrogen) atoms. The summed E-state index contributed by atoms with van der Waals surface area (Å²) >= 11 is 0. The minimum atomic E-state index is -0.987. The summed E-state index contributed by atoms with van der Waals surface area (Å²) < 4.78 is 12.0. The summed E-state index contributed by atoms with van der Waals surface area (Å²) in [5.74, 6) is 0.934. The van der Waals surface area contributed by atoms with E-state index in [1.165, 1.54) is 16.3 Å². The van der Waals surface area contributed by atoms with Crippen LogP contribution in [0, 0.1) is 6.92 Å². The summed E-state index contributed by atoms with van der Waals surface area (Å²) in [6.07, 6.45) is 3.16. The van der Waals surface area contributed by atoms with E-state index in [1.807, 2.05) is 37.3 Å². The van der Waals surface area contributed by atoms with Crippen molar-refractivity contribution in [2.75, 3.05) is 18.1 Å². The molecule has 0 fully saturated rings. The SMILES string of the molecule is Cc1c(OCC(=O)O)cccc1N1CC(CCC[C@H](C)c2cccc3ccccc23)Oc2ccccc21.Cl. The molecule has 1 unspecified atom stereocenters. The average molecular weight is 532 g/mol. The van der Waals surface area contributed by atoms with Gasteiger partial charge in [-0.1, -0.05) is 67.6 Å². The first-order valence-electron chi connectivity index (χ1n) is 13.0. The van der Waals surface area contributed by atoms with Crippen LogP contribution in [0.3, 0.4) is 0 Å². The zero-order valence-electron chi connectivity index (χ0n) is 21.8. The molecule has 198 valence electrons. The number of para-hydroxylation sites is 2. The fourth-order valence-corrected chi connectivity index (χ4v) is 5.36. The number of carboxylic acid groups (broad SMARTS) is 1. The van der Waals surface area contributed by atoms with E-state index in [2.05, 4.69) is 66.4 Å². The molecule has 0 radical (unpaired) electrons. The molecule has 0 aliphatic carbocycles. The van der Waals surface area contributed by atoms with E-state index >= 15 is 0 Å². The molecule has 0 aromatic heterocycles. The second kappa shape index (κ2) is 12.2. The van der Waals surface area contributed by atoms with Crippen molar-refractivity contribution >= 4 is 40.5 Å². The third kappa shape index (κ3) is 5.89. The third-order valence-corrected chi connectivity index (χ3v) is 7.25. The minimum absolute atomic E-state index is 0. The summed E-state index contributed by atoms with van der Waals surface area (Å²) in [7, 11) is 0. The highest BCUT2D eigenvalue weighted by molar-refractivity contribution is 5.86. The molecule has 1 heterocycles. The smallest absolute Gasteiger partial charge is 0.341 e. The molecule has 0 saturated heterocycles. The van der Waals surface area contributed by atoms with Crippen molar-refractivity contribution in [3.8, 4) is 11.5 Å². The number of hydrogen-bond acceptors (Lipinski definition) is 4. The highest BCUT2D eigenvalue weighted by atomic mass is 35.5. The molecule has 0 amide bonds. The van der Waals surface area contributed by atoms with E-state index in [0.717, 1.165) is 48.5 Å². The number of aliphatic carboxylic acids is 1. The van der Waals surface area contributed by atoms with Crippen LogP contribution in [0.5, 0.6) is 11.5 Å². The van der Waals surface area contributed by atoms with Gasteiger partial charge in [-0.05, 0) is 72.7 Å². The Kier molecular flexibility index (Phi) is 8.80. The Hall–Kier alpha value is -3.70. The first-order chi connectivity index (χ1) is 18.0. The minimum Gasteiger partial charge on any atom is -0.486 e. The Bertz CT molecular complexity index is 1400. The molecule has 0 bridgehead atoms. The Morgan fingerprint density at radius 1 is 1.00 bits per heavy atom. The number of carboxylic acids is 1. The normalized spacial score (nSPS) is 15.2. The van der Waals surface area contributed by atoms with E-state index < -0.39 is 5.97 Å². The lowest BCUT2D eigenvalue weighted by atomic mass is 9.90. The standard InChI is InChI=1S/C32H33NO4.ClH/c1-22(26-15-8-12-24-11-3-4-14-27(24)26)10-7-13-25-20-33(29-16-5-6-18-31(29)37-25)28-17-9-19-30(23(28)2)36-21-32(34)35;/h3-6,8-9,11-12,14-19,22,25H,7,10,13,20-21H2,1-2H3,(H,34,35);1H/t22-,25?;/m0./s1. The van der Waals surface area contributed by atoms with Gasteiger partial charge in [-0.2, -0.15) is 0 Å². The van der Waals surface area contributed by atoms with Gasteiger partial charge in [0.25, 0.3) is 0 Å². The van der Waals surface area contributed by atoms with Crippen LogP contribution in [0.1, 0.15) is 43.2 Å². The van der Waals surface area contributed by atoms with Crippen molar-refractivity contribution in [2.24, 2.45) is 0 Å². The summed E-state index contributed by atoms with van der Waals surface area (Å²) in [6.45, 7) is 4.66. The van der Waals surface area contributed by atoms with Crippen LogP contribution < -0.4 is 14.4 Å². The van der Waals surface area contributed by atoms with Crippen LogP contribution >= 0.6 is 12.4 Å². The second-order valence-corrected chi connectivity index (χ2v) is 9.80. The van der Waals surface area contributed by atoms with Gasteiger partial charge in [0.15, 0.2) is 6.61 Å². The molecule has 1 aliphatic rings. The summed E-state index contributed by atoms with van der Waals surface area (Å²) in [4.78, 5) is 13.3. The molecule has 4 aromatic rings. The number of ether oxygens (including phenoxy) is 2. The van der Waals surface area contributed by atoms with Gasteiger partial charge in [0.1, 0.15) is 17.6 Å². The summed E-state index contributed by atoms with van der Waals surface area (Å²) in [5, 5.41) is 11.7. The highest BCUT2D eigenvalue weighted by Crippen LogP contribution is 2.42. The predicted molar refractivity (Wildman–Crippen MR) is 156 cm³/mol. The lowest BCUT2D eigenvalue weighted by Gasteiger charge is -2.37. The maximum Gasteiger partial charge on any atom is 0.341 e. The number of anilines is 2. The topological polar surface area (TPSA) is 59.0 Å². The molecule has 4 aromatic carbocycles. The van der Waals surface area contributed by atoms with Gasteiger partial charge in [0, 0.05) is 11.3 Å². The fourth-order valence-electron chi connectivity index (χ4n) is 5.36. The lowest BCUT2D eigenvalue weighted by molar-refractivity contribution is -0.139. The number of carbonyl (C=O) groups is 1. The first kappa shape index (κ1) is 27.3. The molecular formula is C32H34ClNO4. The number of rotatable bonds is 9. The number of halogens is 1. The van der Waals surface area contributed by atoms with Crippen molar-refractivity contribution in [3.05, 3.63) is 96.1 Å². The molecule has 2 atom stereocenters. The molecule has 1 N–H and O–H groups in total. The number of fused-ring (bicyclic) bond motifs is 2. The molecule has 5 rings (SSSR count). The van der Waals surface area contributed by atoms with Crippen LogP contribution in [0.4, 0.5) is 11.4 Å². The second-order valence-electron chi connectivity index (χ2n) is 9.80. The van der Waals surface area contributed by atoms with Gasteiger partial charge in [0.05, 0.1) is 12.2 Å². The summed E-state index contributed by atoms with van der Waals surface area (Å²) in [6, 6.07) is 29.1. The Labute approximate surface area is 230 Å². The Morgan fingerprint density at radius 3 is 2.55 bits per heavy atom. The van der Waals surface area contributed by atoms with Crippen LogP contribution in [0.25, 0.3) is 10.8 Å². The van der Waals surface area contributed by atoms with E-state index in [-0.39, 0.29) is 25.1 Å². The quantitative estimate of drug-likeness (QED) is 0.238.